The minimum absolute atomic E-state index is 0.0682. The zero-order valence-corrected chi connectivity index (χ0v) is 15.8. The molecule has 0 fully saturated rings. The summed E-state index contributed by atoms with van der Waals surface area (Å²) in [6, 6.07) is 11.9. The van der Waals surface area contributed by atoms with Crippen molar-refractivity contribution in [2.45, 2.75) is 24.7 Å². The number of sulfonamides is 1. The SMILES string of the molecule is CC(C)c1cccc(OCCNS(=O)(=O)c2ccc(Cl)c(Cl)c2)c1. The van der Waals surface area contributed by atoms with E-state index in [1.807, 2.05) is 24.3 Å². The lowest BCUT2D eigenvalue weighted by molar-refractivity contribution is 0.322. The number of hydrogen-bond acceptors (Lipinski definition) is 3. The highest BCUT2D eigenvalue weighted by Gasteiger charge is 2.15. The van der Waals surface area contributed by atoms with E-state index in [4.69, 9.17) is 27.9 Å². The number of benzene rings is 2. The molecule has 1 N–H and O–H groups in total. The van der Waals surface area contributed by atoms with Crippen molar-refractivity contribution in [1.82, 2.24) is 4.72 Å². The molecular weight excluding hydrogens is 369 g/mol. The number of halogens is 2. The van der Waals surface area contributed by atoms with E-state index >= 15 is 0 Å². The molecule has 0 aliphatic rings. The molecule has 24 heavy (non-hydrogen) atoms. The fourth-order valence-electron chi connectivity index (χ4n) is 2.04. The standard InChI is InChI=1S/C17H19Cl2NO3S/c1-12(2)13-4-3-5-14(10-13)23-9-8-20-24(21,22)15-6-7-16(18)17(19)11-15/h3-7,10-12,20H,8-9H2,1-2H3. The van der Waals surface area contributed by atoms with E-state index in [9.17, 15) is 8.42 Å². The van der Waals surface area contributed by atoms with Crippen LogP contribution in [-0.2, 0) is 10.0 Å². The van der Waals surface area contributed by atoms with E-state index in [1.165, 1.54) is 23.8 Å². The van der Waals surface area contributed by atoms with Gasteiger partial charge < -0.3 is 4.74 Å². The lowest BCUT2D eigenvalue weighted by Crippen LogP contribution is -2.28. The molecule has 4 nitrogen and oxygen atoms in total. The van der Waals surface area contributed by atoms with Gasteiger partial charge in [-0.25, -0.2) is 13.1 Å². The van der Waals surface area contributed by atoms with E-state index in [0.717, 1.165) is 5.75 Å². The Labute approximate surface area is 152 Å². The van der Waals surface area contributed by atoms with Crippen molar-refractivity contribution >= 4 is 33.2 Å². The average Bonchev–Trinajstić information content (AvgIpc) is 2.54. The van der Waals surface area contributed by atoms with Crippen molar-refractivity contribution in [2.24, 2.45) is 0 Å². The zero-order valence-electron chi connectivity index (χ0n) is 13.4. The summed E-state index contributed by atoms with van der Waals surface area (Å²) in [5.74, 6) is 1.12. The molecule has 130 valence electrons. The average molecular weight is 388 g/mol. The molecule has 0 amide bonds. The molecule has 0 aromatic heterocycles. The van der Waals surface area contributed by atoms with Crippen molar-refractivity contribution in [3.63, 3.8) is 0 Å². The van der Waals surface area contributed by atoms with E-state index in [0.29, 0.717) is 10.9 Å². The third-order valence-electron chi connectivity index (χ3n) is 3.39. The van der Waals surface area contributed by atoms with Crippen LogP contribution >= 0.6 is 23.2 Å². The van der Waals surface area contributed by atoms with Crippen molar-refractivity contribution in [2.75, 3.05) is 13.2 Å². The van der Waals surface area contributed by atoms with Gasteiger partial charge in [0.25, 0.3) is 0 Å². The maximum absolute atomic E-state index is 12.2. The highest BCUT2D eigenvalue weighted by atomic mass is 35.5. The van der Waals surface area contributed by atoms with Crippen LogP contribution < -0.4 is 9.46 Å². The second-order valence-electron chi connectivity index (χ2n) is 5.55. The number of ether oxygens (including phenoxy) is 1. The van der Waals surface area contributed by atoms with Crippen molar-refractivity contribution in [3.8, 4) is 5.75 Å². The molecule has 0 unspecified atom stereocenters. The highest BCUT2D eigenvalue weighted by Crippen LogP contribution is 2.24. The normalized spacial score (nSPS) is 11.7. The van der Waals surface area contributed by atoms with Crippen LogP contribution in [0.25, 0.3) is 0 Å². The monoisotopic (exact) mass is 387 g/mol. The summed E-state index contributed by atoms with van der Waals surface area (Å²) in [7, 11) is -3.65. The zero-order chi connectivity index (χ0) is 17.7. The summed E-state index contributed by atoms with van der Waals surface area (Å²) in [6.07, 6.45) is 0. The molecule has 2 aromatic rings. The Hall–Kier alpha value is -1.27. The van der Waals surface area contributed by atoms with Gasteiger partial charge in [0.2, 0.25) is 10.0 Å². The van der Waals surface area contributed by atoms with Gasteiger partial charge in [0.15, 0.2) is 0 Å². The Morgan fingerprint density at radius 3 is 2.50 bits per heavy atom. The lowest BCUT2D eigenvalue weighted by Gasteiger charge is -2.11. The summed E-state index contributed by atoms with van der Waals surface area (Å²) in [4.78, 5) is 0.0682. The first-order valence-electron chi connectivity index (χ1n) is 7.47. The molecule has 0 bridgehead atoms. The Morgan fingerprint density at radius 2 is 1.83 bits per heavy atom. The molecule has 0 heterocycles. The summed E-state index contributed by atoms with van der Waals surface area (Å²) >= 11 is 11.6. The lowest BCUT2D eigenvalue weighted by atomic mass is 10.0. The Morgan fingerprint density at radius 1 is 1.08 bits per heavy atom. The summed E-state index contributed by atoms with van der Waals surface area (Å²) in [6.45, 7) is 4.57. The topological polar surface area (TPSA) is 55.4 Å². The minimum Gasteiger partial charge on any atom is -0.492 e. The number of nitrogens with one attached hydrogen (secondary N) is 1. The second-order valence-corrected chi connectivity index (χ2v) is 8.13. The molecule has 0 spiro atoms. The molecule has 2 aromatic carbocycles. The first-order chi connectivity index (χ1) is 11.3. The maximum Gasteiger partial charge on any atom is 0.240 e. The fourth-order valence-corrected chi connectivity index (χ4v) is 3.44. The number of hydrogen-bond donors (Lipinski definition) is 1. The van der Waals surface area contributed by atoms with Crippen molar-refractivity contribution < 1.29 is 13.2 Å². The third kappa shape index (κ3) is 5.11. The first-order valence-corrected chi connectivity index (χ1v) is 9.71. The molecule has 2 rings (SSSR count). The first kappa shape index (κ1) is 19.1. The van der Waals surface area contributed by atoms with Crippen LogP contribution in [0.2, 0.25) is 10.0 Å². The summed E-state index contributed by atoms with van der Waals surface area (Å²) in [5.41, 5.74) is 1.17. The van der Waals surface area contributed by atoms with Gasteiger partial charge in [-0.2, -0.15) is 0 Å². The second kappa shape index (κ2) is 8.21. The quantitative estimate of drug-likeness (QED) is 0.712. The van der Waals surface area contributed by atoms with Gasteiger partial charge in [-0.3, -0.25) is 0 Å². The van der Waals surface area contributed by atoms with Crippen LogP contribution in [-0.4, -0.2) is 21.6 Å². The van der Waals surface area contributed by atoms with Crippen LogP contribution in [0.5, 0.6) is 5.75 Å². The van der Waals surface area contributed by atoms with E-state index in [-0.39, 0.29) is 23.1 Å². The van der Waals surface area contributed by atoms with Crippen LogP contribution in [0.15, 0.2) is 47.4 Å². The van der Waals surface area contributed by atoms with Crippen LogP contribution in [0.1, 0.15) is 25.3 Å². The molecule has 0 atom stereocenters. The Balaban J connectivity index is 1.91. The van der Waals surface area contributed by atoms with E-state index in [1.54, 1.807) is 0 Å². The number of rotatable bonds is 7. The molecule has 0 saturated carbocycles. The smallest absolute Gasteiger partial charge is 0.240 e. The fraction of sp³-hybridized carbons (Fsp3) is 0.294. The largest absolute Gasteiger partial charge is 0.492 e. The Kier molecular flexibility index (Phi) is 6.52. The molecule has 0 saturated heterocycles. The molecule has 0 aliphatic carbocycles. The van der Waals surface area contributed by atoms with Crippen LogP contribution in [0.3, 0.4) is 0 Å². The summed E-state index contributed by atoms with van der Waals surface area (Å²) in [5, 5.41) is 0.505. The van der Waals surface area contributed by atoms with Gasteiger partial charge in [0.1, 0.15) is 12.4 Å². The van der Waals surface area contributed by atoms with Gasteiger partial charge >= 0.3 is 0 Å². The van der Waals surface area contributed by atoms with Crippen molar-refractivity contribution in [3.05, 3.63) is 58.1 Å². The Bertz CT molecular complexity index is 807. The predicted octanol–water partition coefficient (Wildman–Crippen LogP) is 4.47. The maximum atomic E-state index is 12.2. The molecule has 7 heteroatoms. The van der Waals surface area contributed by atoms with Gasteiger partial charge in [-0.15, -0.1) is 0 Å². The van der Waals surface area contributed by atoms with Gasteiger partial charge in [-0.05, 0) is 41.8 Å². The van der Waals surface area contributed by atoms with Crippen LogP contribution in [0.4, 0.5) is 0 Å². The van der Waals surface area contributed by atoms with E-state index in [2.05, 4.69) is 18.6 Å². The van der Waals surface area contributed by atoms with Gasteiger partial charge in [0, 0.05) is 6.54 Å². The van der Waals surface area contributed by atoms with E-state index < -0.39 is 10.0 Å². The highest BCUT2D eigenvalue weighted by molar-refractivity contribution is 7.89. The summed E-state index contributed by atoms with van der Waals surface area (Å²) < 4.78 is 32.4. The van der Waals surface area contributed by atoms with Crippen molar-refractivity contribution in [1.29, 1.82) is 0 Å². The predicted molar refractivity (Wildman–Crippen MR) is 97.7 cm³/mol. The molecule has 0 radical (unpaired) electrons. The van der Waals surface area contributed by atoms with Gasteiger partial charge in [0.05, 0.1) is 14.9 Å². The van der Waals surface area contributed by atoms with Gasteiger partial charge in [-0.1, -0.05) is 49.2 Å². The molecular formula is C17H19Cl2NO3S. The van der Waals surface area contributed by atoms with Crippen LogP contribution in [0, 0.1) is 0 Å². The molecule has 0 aliphatic heterocycles. The minimum atomic E-state index is -3.65. The third-order valence-corrected chi connectivity index (χ3v) is 5.59.